The van der Waals surface area contributed by atoms with Crippen LogP contribution in [0.25, 0.3) is 55.0 Å². The largest absolute Gasteiger partial charge is 0.309 e. The van der Waals surface area contributed by atoms with Gasteiger partial charge in [0.1, 0.15) is 7.85 Å². The molecular weight excluding hydrogens is 770 g/mol. The Hall–Kier alpha value is -6.43. The van der Waals surface area contributed by atoms with E-state index in [1.54, 1.807) is 11.8 Å². The number of rotatable bonds is 10. The van der Waals surface area contributed by atoms with Gasteiger partial charge in [-0.1, -0.05) is 120 Å². The second-order valence-corrected chi connectivity index (χ2v) is 18.3. The van der Waals surface area contributed by atoms with Crippen molar-refractivity contribution in [1.82, 2.24) is 9.13 Å². The number of hydrogen-bond donors (Lipinski definition) is 0. The van der Waals surface area contributed by atoms with E-state index in [4.69, 9.17) is 7.85 Å². The van der Waals surface area contributed by atoms with Gasteiger partial charge in [0.25, 0.3) is 0 Å². The van der Waals surface area contributed by atoms with E-state index in [0.717, 1.165) is 62.3 Å². The molecular formula is C57H50BN3S. The fourth-order valence-corrected chi connectivity index (χ4v) is 10.1. The summed E-state index contributed by atoms with van der Waals surface area (Å²) in [4.78, 5) is 4.94. The maximum Gasteiger partial charge on any atom is 0.113 e. The van der Waals surface area contributed by atoms with Crippen LogP contribution in [0.2, 0.25) is 0 Å². The molecule has 2 aromatic heterocycles. The lowest BCUT2D eigenvalue weighted by Gasteiger charge is -2.29. The highest BCUT2D eigenvalue weighted by Crippen LogP contribution is 2.50. The summed E-state index contributed by atoms with van der Waals surface area (Å²) in [6.45, 7) is 13.2. The van der Waals surface area contributed by atoms with Crippen LogP contribution in [0.3, 0.4) is 0 Å². The molecule has 0 aliphatic heterocycles. The van der Waals surface area contributed by atoms with Gasteiger partial charge in [-0.2, -0.15) is 0 Å². The van der Waals surface area contributed by atoms with E-state index in [1.165, 1.54) is 77.7 Å². The molecule has 0 fully saturated rings. The smallest absolute Gasteiger partial charge is 0.113 e. The minimum absolute atomic E-state index is 0.742. The minimum Gasteiger partial charge on any atom is -0.309 e. The van der Waals surface area contributed by atoms with Crippen molar-refractivity contribution < 1.29 is 0 Å². The molecule has 0 bridgehead atoms. The topological polar surface area (TPSA) is 13.1 Å². The highest BCUT2D eigenvalue weighted by atomic mass is 32.2. The van der Waals surface area contributed by atoms with E-state index in [9.17, 15) is 0 Å². The molecule has 0 spiro atoms. The van der Waals surface area contributed by atoms with Gasteiger partial charge in [-0.25, -0.2) is 0 Å². The van der Waals surface area contributed by atoms with Crippen molar-refractivity contribution in [3.8, 4) is 11.4 Å². The van der Waals surface area contributed by atoms with Crippen molar-refractivity contribution in [1.29, 1.82) is 0 Å². The lowest BCUT2D eigenvalue weighted by molar-refractivity contribution is 0.794. The molecule has 2 radical (unpaired) electrons. The van der Waals surface area contributed by atoms with Crippen LogP contribution < -0.4 is 10.4 Å². The van der Waals surface area contributed by atoms with E-state index < -0.39 is 0 Å². The van der Waals surface area contributed by atoms with Crippen LogP contribution in [-0.4, -0.2) is 17.0 Å². The van der Waals surface area contributed by atoms with Gasteiger partial charge < -0.3 is 14.0 Å². The molecule has 8 aromatic carbocycles. The van der Waals surface area contributed by atoms with Gasteiger partial charge in [0, 0.05) is 54.1 Å². The zero-order chi connectivity index (χ0) is 42.6. The van der Waals surface area contributed by atoms with Gasteiger partial charge in [0.05, 0.1) is 27.8 Å². The number of hydrogen-bond acceptors (Lipinski definition) is 2. The Kier molecular flexibility index (Phi) is 10.3. The zero-order valence-electron chi connectivity index (χ0n) is 36.5. The normalized spacial score (nSPS) is 11.7. The number of aromatic nitrogens is 2. The molecule has 0 N–H and O–H groups in total. The van der Waals surface area contributed by atoms with Crippen molar-refractivity contribution in [2.24, 2.45) is 0 Å². The summed E-state index contributed by atoms with van der Waals surface area (Å²) in [5.41, 5.74) is 18.5. The maximum absolute atomic E-state index is 6.77. The van der Waals surface area contributed by atoms with Crippen LogP contribution in [0.5, 0.6) is 0 Å². The fourth-order valence-electron chi connectivity index (χ4n) is 9.25. The van der Waals surface area contributed by atoms with Crippen LogP contribution in [0, 0.1) is 34.6 Å². The summed E-state index contributed by atoms with van der Waals surface area (Å²) in [5.74, 6) is 0. The summed E-state index contributed by atoms with van der Waals surface area (Å²) in [7, 11) is 6.77. The first-order chi connectivity index (χ1) is 30.1. The van der Waals surface area contributed by atoms with Crippen molar-refractivity contribution in [3.05, 3.63) is 191 Å². The molecule has 10 aromatic rings. The van der Waals surface area contributed by atoms with E-state index in [2.05, 4.69) is 207 Å². The van der Waals surface area contributed by atoms with Gasteiger partial charge in [-0.15, -0.1) is 0 Å². The van der Waals surface area contributed by atoms with Crippen LogP contribution in [0.15, 0.2) is 168 Å². The number of anilines is 3. The predicted molar refractivity (Wildman–Crippen MR) is 268 cm³/mol. The van der Waals surface area contributed by atoms with Crippen molar-refractivity contribution in [2.45, 2.75) is 70.6 Å². The van der Waals surface area contributed by atoms with Gasteiger partial charge in [-0.05, 0) is 150 Å². The Morgan fingerprint density at radius 3 is 1.74 bits per heavy atom. The Bertz CT molecular complexity index is 3280. The van der Waals surface area contributed by atoms with E-state index in [-0.39, 0.29) is 0 Å². The molecule has 2 heterocycles. The lowest BCUT2D eigenvalue weighted by atomic mass is 9.93. The number of benzene rings is 8. The number of fused-ring (bicyclic) bond motifs is 7. The summed E-state index contributed by atoms with van der Waals surface area (Å²) in [6, 6.07) is 58.7. The molecule has 302 valence electrons. The van der Waals surface area contributed by atoms with Gasteiger partial charge in [0.2, 0.25) is 0 Å². The molecule has 0 saturated heterocycles. The zero-order valence-corrected chi connectivity index (χ0v) is 37.3. The van der Waals surface area contributed by atoms with Crippen molar-refractivity contribution in [2.75, 3.05) is 4.90 Å². The van der Waals surface area contributed by atoms with Crippen LogP contribution in [-0.2, 0) is 6.42 Å². The monoisotopic (exact) mass is 819 g/mol. The van der Waals surface area contributed by atoms with Crippen LogP contribution >= 0.6 is 11.8 Å². The third-order valence-corrected chi connectivity index (χ3v) is 13.4. The molecule has 10 rings (SSSR count). The molecule has 62 heavy (non-hydrogen) atoms. The molecule has 0 saturated carbocycles. The predicted octanol–water partition coefficient (Wildman–Crippen LogP) is 15.2. The second-order valence-electron chi connectivity index (χ2n) is 17.1. The van der Waals surface area contributed by atoms with E-state index >= 15 is 0 Å². The average molecular weight is 820 g/mol. The SMILES string of the molecule is [B]c1ccc2c(c1)c1c(N(c3ccc(C)cc3)c3ccc(CCCC)cc3C)cc3c(c4cc(C)ccc4n3-c3ccc(Sc4ccc(C)cc4)cc3)c1n2-c1ccc(C)cc1. The Labute approximate surface area is 371 Å². The summed E-state index contributed by atoms with van der Waals surface area (Å²) in [5, 5.41) is 4.72. The number of nitrogens with zero attached hydrogens (tertiary/aromatic N) is 3. The van der Waals surface area contributed by atoms with E-state index in [0.29, 0.717) is 0 Å². The number of aryl methyl sites for hydroxylation is 6. The van der Waals surface area contributed by atoms with Gasteiger partial charge in [0.15, 0.2) is 0 Å². The molecule has 5 heteroatoms. The molecule has 0 unspecified atom stereocenters. The molecule has 3 nitrogen and oxygen atoms in total. The molecule has 0 amide bonds. The molecule has 0 aliphatic carbocycles. The van der Waals surface area contributed by atoms with E-state index in [1.807, 2.05) is 6.07 Å². The first kappa shape index (κ1) is 39.7. The third-order valence-electron chi connectivity index (χ3n) is 12.4. The highest BCUT2D eigenvalue weighted by Gasteiger charge is 2.28. The Morgan fingerprint density at radius 1 is 0.500 bits per heavy atom. The average Bonchev–Trinajstić information content (AvgIpc) is 3.77. The molecule has 0 atom stereocenters. The second kappa shape index (κ2) is 16.1. The fraction of sp³-hybridized carbons (Fsp3) is 0.158. The van der Waals surface area contributed by atoms with Gasteiger partial charge in [-0.3, -0.25) is 0 Å². The van der Waals surface area contributed by atoms with Crippen LogP contribution in [0.1, 0.15) is 53.1 Å². The summed E-state index contributed by atoms with van der Waals surface area (Å²) in [6.07, 6.45) is 3.42. The Morgan fingerprint density at radius 2 is 1.06 bits per heavy atom. The third kappa shape index (κ3) is 7.08. The van der Waals surface area contributed by atoms with Crippen molar-refractivity contribution >= 4 is 85.7 Å². The summed E-state index contributed by atoms with van der Waals surface area (Å²) < 4.78 is 4.96. The lowest BCUT2D eigenvalue weighted by Crippen LogP contribution is -2.12. The molecule has 0 aliphatic rings. The maximum atomic E-state index is 6.77. The van der Waals surface area contributed by atoms with Crippen molar-refractivity contribution in [3.63, 3.8) is 0 Å². The Balaban J connectivity index is 1.35. The van der Waals surface area contributed by atoms with Gasteiger partial charge >= 0.3 is 0 Å². The first-order valence-corrected chi connectivity index (χ1v) is 22.7. The highest BCUT2D eigenvalue weighted by molar-refractivity contribution is 7.99. The standard InChI is InChI=1S/C57H50BN3S/c1-7-8-9-41-17-30-50(40(6)33-41)59(43-19-10-36(2)11-20-43)53-35-54-55(57-56(53)49-34-42(58)18-31-52(49)61(57)45-21-12-37(3)13-22-45)48-32-39(5)16-29-51(48)60(54)44-23-27-47(28-24-44)62-46-25-14-38(4)15-26-46/h10-35H,7-9H2,1-6H3. The first-order valence-electron chi connectivity index (χ1n) is 21.8. The summed E-state index contributed by atoms with van der Waals surface area (Å²) >= 11 is 1.80. The number of unbranched alkanes of at least 4 members (excludes halogenated alkanes) is 1. The quantitative estimate of drug-likeness (QED) is 0.128. The minimum atomic E-state index is 0.742. The van der Waals surface area contributed by atoms with Crippen LogP contribution in [0.4, 0.5) is 17.1 Å².